The van der Waals surface area contributed by atoms with Gasteiger partial charge in [0, 0.05) is 42.5 Å². The van der Waals surface area contributed by atoms with Gasteiger partial charge in [0.25, 0.3) is 0 Å². The van der Waals surface area contributed by atoms with Crippen molar-refractivity contribution in [3.63, 3.8) is 0 Å². The maximum absolute atomic E-state index is 12.7. The number of hydrogen-bond donors (Lipinski definition) is 1. The third kappa shape index (κ3) is 8.91. The Morgan fingerprint density at radius 3 is 2.54 bits per heavy atom. The summed E-state index contributed by atoms with van der Waals surface area (Å²) in [5, 5.41) is 1.22. The van der Waals surface area contributed by atoms with E-state index in [1.54, 1.807) is 7.11 Å². The van der Waals surface area contributed by atoms with E-state index in [-0.39, 0.29) is 0 Å². The Bertz CT molecular complexity index is 943. The number of aromatic amines is 1. The van der Waals surface area contributed by atoms with Gasteiger partial charge in [-0.3, -0.25) is 4.79 Å². The van der Waals surface area contributed by atoms with Crippen LogP contribution in [-0.4, -0.2) is 36.0 Å². The van der Waals surface area contributed by atoms with Crippen molar-refractivity contribution >= 4 is 16.8 Å². The summed E-state index contributed by atoms with van der Waals surface area (Å²) in [6, 6.07) is 6.16. The average Bonchev–Trinajstić information content (AvgIpc) is 3.53. The molecule has 0 bridgehead atoms. The summed E-state index contributed by atoms with van der Waals surface area (Å²) < 4.78 is 5.40. The second-order valence-corrected chi connectivity index (χ2v) is 9.96. The van der Waals surface area contributed by atoms with Gasteiger partial charge in [-0.25, -0.2) is 0 Å². The molecule has 35 heavy (non-hydrogen) atoms. The molecule has 192 valence electrons. The number of benzene rings is 1. The molecule has 1 amide bonds. The molecule has 0 saturated carbocycles. The molecule has 1 aliphatic heterocycles. The molecule has 0 radical (unpaired) electrons. The summed E-state index contributed by atoms with van der Waals surface area (Å²) in [6.07, 6.45) is 26.5. The highest BCUT2D eigenvalue weighted by Gasteiger charge is 2.28. The molecular weight excluding hydrogens is 432 g/mol. The van der Waals surface area contributed by atoms with E-state index in [9.17, 15) is 4.79 Å². The van der Waals surface area contributed by atoms with Crippen LogP contribution in [0.4, 0.5) is 0 Å². The highest BCUT2D eigenvalue weighted by molar-refractivity contribution is 5.85. The van der Waals surface area contributed by atoms with Gasteiger partial charge in [0.15, 0.2) is 0 Å². The van der Waals surface area contributed by atoms with Gasteiger partial charge < -0.3 is 14.6 Å². The topological polar surface area (TPSA) is 45.3 Å². The van der Waals surface area contributed by atoms with Crippen LogP contribution < -0.4 is 4.74 Å². The minimum Gasteiger partial charge on any atom is -0.497 e. The molecule has 0 unspecified atom stereocenters. The van der Waals surface area contributed by atoms with Crippen LogP contribution in [0.15, 0.2) is 48.7 Å². The van der Waals surface area contributed by atoms with Gasteiger partial charge in [0.2, 0.25) is 5.91 Å². The van der Waals surface area contributed by atoms with Gasteiger partial charge in [-0.15, -0.1) is 0 Å². The van der Waals surface area contributed by atoms with Crippen molar-refractivity contribution in [1.29, 1.82) is 0 Å². The summed E-state index contributed by atoms with van der Waals surface area (Å²) in [6.45, 7) is 3.96. The quantitative estimate of drug-likeness (QED) is 0.195. The number of unbranched alkanes of at least 4 members (excludes halogenated alkanes) is 8. The van der Waals surface area contributed by atoms with Gasteiger partial charge in [-0.1, -0.05) is 63.3 Å². The smallest absolute Gasteiger partial charge is 0.222 e. The first-order valence-electron chi connectivity index (χ1n) is 14.0. The van der Waals surface area contributed by atoms with E-state index in [1.807, 2.05) is 6.07 Å². The van der Waals surface area contributed by atoms with Crippen molar-refractivity contribution in [3.8, 4) is 5.75 Å². The number of likely N-dealkylation sites (tertiary alicyclic amines) is 1. The van der Waals surface area contributed by atoms with Gasteiger partial charge >= 0.3 is 0 Å². The third-order valence-corrected chi connectivity index (χ3v) is 7.24. The second kappa shape index (κ2) is 15.5. The molecule has 3 rings (SSSR count). The highest BCUT2D eigenvalue weighted by atomic mass is 16.5. The van der Waals surface area contributed by atoms with Gasteiger partial charge in [0.05, 0.1) is 7.11 Å². The summed E-state index contributed by atoms with van der Waals surface area (Å²) in [5.74, 6) is 1.62. The number of nitrogens with zero attached hydrogens (tertiary/aromatic N) is 1. The lowest BCUT2D eigenvalue weighted by atomic mass is 9.98. The monoisotopic (exact) mass is 478 g/mol. The molecule has 0 aliphatic carbocycles. The Morgan fingerprint density at radius 2 is 1.77 bits per heavy atom. The zero-order valence-corrected chi connectivity index (χ0v) is 22.1. The van der Waals surface area contributed by atoms with E-state index in [0.717, 1.165) is 50.0 Å². The van der Waals surface area contributed by atoms with Crippen LogP contribution in [0.1, 0.15) is 102 Å². The third-order valence-electron chi connectivity index (χ3n) is 7.24. The number of rotatable bonds is 16. The Morgan fingerprint density at radius 1 is 1.03 bits per heavy atom. The zero-order chi connectivity index (χ0) is 24.7. The Hall–Kier alpha value is -2.49. The standard InChI is InChI=1S/C31H46N2O2/c1-3-4-5-6-7-8-9-10-11-12-13-14-15-16-17-18-31(34)33-22-21-26(25-33)29-24-32-30-20-19-27(35-2)23-28(29)30/h7-8,10-11,19-20,23-24,26,32H,3-6,9,12-18,21-22,25H2,1-2H3/b8-7-,11-10-/t26-/m1/s1. The van der Waals surface area contributed by atoms with Crippen molar-refractivity contribution in [2.75, 3.05) is 20.2 Å². The number of nitrogens with one attached hydrogen (secondary N) is 1. The number of methoxy groups -OCH3 is 1. The molecule has 1 saturated heterocycles. The first-order chi connectivity index (χ1) is 17.2. The predicted molar refractivity (Wildman–Crippen MR) is 148 cm³/mol. The molecule has 1 aromatic carbocycles. The van der Waals surface area contributed by atoms with E-state index in [4.69, 9.17) is 4.74 Å². The van der Waals surface area contributed by atoms with Crippen LogP contribution in [0, 0.1) is 0 Å². The van der Waals surface area contributed by atoms with E-state index in [1.165, 1.54) is 62.3 Å². The number of ether oxygens (including phenoxy) is 1. The fourth-order valence-electron chi connectivity index (χ4n) is 5.07. The number of aromatic nitrogens is 1. The molecule has 2 aromatic rings. The number of fused-ring (bicyclic) bond motifs is 1. The Balaban J connectivity index is 1.24. The molecule has 2 heterocycles. The van der Waals surface area contributed by atoms with Gasteiger partial charge in [0.1, 0.15) is 5.75 Å². The van der Waals surface area contributed by atoms with Crippen molar-refractivity contribution in [2.24, 2.45) is 0 Å². The molecule has 0 spiro atoms. The van der Waals surface area contributed by atoms with Crippen LogP contribution in [0.25, 0.3) is 10.9 Å². The van der Waals surface area contributed by atoms with Crippen molar-refractivity contribution in [3.05, 3.63) is 54.3 Å². The molecular formula is C31H46N2O2. The normalized spacial score (nSPS) is 16.3. The van der Waals surface area contributed by atoms with Crippen molar-refractivity contribution in [1.82, 2.24) is 9.88 Å². The number of H-pyrrole nitrogens is 1. The second-order valence-electron chi connectivity index (χ2n) is 9.96. The first kappa shape index (κ1) is 27.1. The lowest BCUT2D eigenvalue weighted by molar-refractivity contribution is -0.130. The van der Waals surface area contributed by atoms with Crippen LogP contribution in [-0.2, 0) is 4.79 Å². The molecule has 1 atom stereocenters. The minimum absolute atomic E-state index is 0.329. The maximum atomic E-state index is 12.7. The number of hydrogen-bond acceptors (Lipinski definition) is 2. The van der Waals surface area contributed by atoms with Crippen molar-refractivity contribution < 1.29 is 9.53 Å². The number of carbonyl (C=O) groups excluding carboxylic acids is 1. The average molecular weight is 479 g/mol. The minimum atomic E-state index is 0.329. The SMILES string of the molecule is CCCCC/C=C\C/C=C\CCCCCCCC(=O)N1CC[C@@H](c2c[nH]c3ccc(OC)cc23)C1. The Kier molecular flexibility index (Phi) is 12.0. The van der Waals surface area contributed by atoms with Crippen molar-refractivity contribution in [2.45, 2.75) is 96.3 Å². The molecule has 1 N–H and O–H groups in total. The first-order valence-corrected chi connectivity index (χ1v) is 14.0. The summed E-state index contributed by atoms with van der Waals surface area (Å²) in [7, 11) is 1.70. The van der Waals surface area contributed by atoms with Crippen LogP contribution in [0.2, 0.25) is 0 Å². The molecule has 1 aromatic heterocycles. The fraction of sp³-hybridized carbons (Fsp3) is 0.581. The van der Waals surface area contributed by atoms with E-state index in [2.05, 4.69) is 59.4 Å². The van der Waals surface area contributed by atoms with Gasteiger partial charge in [-0.2, -0.15) is 0 Å². The predicted octanol–water partition coefficient (Wildman–Crippen LogP) is 8.31. The zero-order valence-electron chi connectivity index (χ0n) is 22.1. The van der Waals surface area contributed by atoms with Crippen LogP contribution in [0.3, 0.4) is 0 Å². The number of carbonyl (C=O) groups is 1. The molecule has 1 aliphatic rings. The molecule has 1 fully saturated rings. The number of amides is 1. The van der Waals surface area contributed by atoms with Crippen LogP contribution >= 0.6 is 0 Å². The summed E-state index contributed by atoms with van der Waals surface area (Å²) >= 11 is 0. The summed E-state index contributed by atoms with van der Waals surface area (Å²) in [5.41, 5.74) is 2.45. The largest absolute Gasteiger partial charge is 0.497 e. The highest BCUT2D eigenvalue weighted by Crippen LogP contribution is 2.34. The number of allylic oxidation sites excluding steroid dienone is 4. The van der Waals surface area contributed by atoms with E-state index >= 15 is 0 Å². The van der Waals surface area contributed by atoms with E-state index < -0.39 is 0 Å². The maximum Gasteiger partial charge on any atom is 0.222 e. The lowest BCUT2D eigenvalue weighted by Gasteiger charge is -2.16. The van der Waals surface area contributed by atoms with Crippen LogP contribution in [0.5, 0.6) is 5.75 Å². The Labute approximate surface area is 212 Å². The molecule has 4 nitrogen and oxygen atoms in total. The van der Waals surface area contributed by atoms with Gasteiger partial charge in [-0.05, 0) is 68.7 Å². The summed E-state index contributed by atoms with van der Waals surface area (Å²) in [4.78, 5) is 18.2. The lowest BCUT2D eigenvalue weighted by Crippen LogP contribution is -2.28. The fourth-order valence-corrected chi connectivity index (χ4v) is 5.07. The molecule has 4 heteroatoms. The van der Waals surface area contributed by atoms with E-state index in [0.29, 0.717) is 18.2 Å².